The van der Waals surface area contributed by atoms with Crippen LogP contribution in [0, 0.1) is 0 Å². The molecule has 0 fully saturated rings. The highest BCUT2D eigenvalue weighted by molar-refractivity contribution is 6.54. The summed E-state index contributed by atoms with van der Waals surface area (Å²) in [5.41, 5.74) is 2.96. The summed E-state index contributed by atoms with van der Waals surface area (Å²) >= 11 is 0. The van der Waals surface area contributed by atoms with Crippen LogP contribution in [-0.4, -0.2) is 0 Å². The van der Waals surface area contributed by atoms with Crippen LogP contribution in [0.4, 0.5) is 0 Å². The third-order valence-electron chi connectivity index (χ3n) is 15.1. The van der Waals surface area contributed by atoms with Crippen molar-refractivity contribution in [3.05, 3.63) is 120 Å². The van der Waals surface area contributed by atoms with Crippen LogP contribution >= 0.6 is 0 Å². The van der Waals surface area contributed by atoms with E-state index in [1.165, 1.54) is 220 Å². The molecule has 12 aromatic rings. The molecule has 12 aromatic carbocycles. The minimum Gasteiger partial charge on any atom is -0.0654 e. The summed E-state index contributed by atoms with van der Waals surface area (Å²) in [6.45, 7) is 4.61. The molecule has 0 aliphatic carbocycles. The number of rotatable bonds is 16. The zero-order chi connectivity index (χ0) is 39.9. The van der Waals surface area contributed by atoms with Crippen molar-refractivity contribution < 1.29 is 0 Å². The molecule has 0 heteroatoms. The Kier molecular flexibility index (Phi) is 8.87. The number of fused-ring (bicyclic) bond motifs is 9. The van der Waals surface area contributed by atoms with Crippen LogP contribution in [0.15, 0.2) is 109 Å². The zero-order valence-electron chi connectivity index (χ0n) is 35.7. The number of unbranched alkanes of at least 4 members (excludes halogenated alkanes) is 12. The van der Waals surface area contributed by atoms with Gasteiger partial charge in [0.1, 0.15) is 0 Å². The number of hydrogen-bond donors (Lipinski definition) is 0. The molecule has 0 aliphatic rings. The smallest absolute Gasteiger partial charge is 0.000717 e. The minimum absolute atomic E-state index is 1.16. The standard InChI is InChI=1S/C60H56/c1-3-5-7-9-11-13-15-19-37-25-27-39-45-29-31-49-50-32-30-46-40-28-26-38(20-16-14-12-10-8-6-4-2)36-52(40)44-24-18-22-42-48-34-33-47-41-21-17-23-43(51(39)35-37)53(41)55(45)57(49)59(47)60(48)58(50)56(46)54(42)44/h17-18,21-36H,3-16,19-20H2,1-2H3. The van der Waals surface area contributed by atoms with E-state index in [-0.39, 0.29) is 0 Å². The van der Waals surface area contributed by atoms with Gasteiger partial charge in [-0.05, 0) is 155 Å². The highest BCUT2D eigenvalue weighted by atomic mass is 14.3. The van der Waals surface area contributed by atoms with Gasteiger partial charge < -0.3 is 0 Å². The first-order valence-electron chi connectivity index (χ1n) is 23.8. The number of aryl methyl sites for hydroxylation is 2. The SMILES string of the molecule is CCCCCCCCCc1ccc2c(c1)c1cccc3c4ccc5c6cccc7c8cc(CCCCCCCCC)ccc8c8ccc9c%10ccc2c(c13)c%10c4c5c9c8c76. The van der Waals surface area contributed by atoms with Crippen molar-refractivity contribution in [2.45, 2.75) is 117 Å². The first-order valence-corrected chi connectivity index (χ1v) is 23.8. The molecule has 60 heavy (non-hydrogen) atoms. The third kappa shape index (κ3) is 5.35. The Morgan fingerprint density at radius 1 is 0.233 bits per heavy atom. The summed E-state index contributed by atoms with van der Waals surface area (Å²) < 4.78 is 0. The first kappa shape index (κ1) is 36.4. The highest BCUT2D eigenvalue weighted by Crippen LogP contribution is 2.55. The molecule has 0 nitrogen and oxygen atoms in total. The fraction of sp³-hybridized carbons (Fsp3) is 0.300. The largest absolute Gasteiger partial charge is 0.0654 e. The maximum Gasteiger partial charge on any atom is -0.000717 e. The Bertz CT molecular complexity index is 3270. The van der Waals surface area contributed by atoms with Crippen molar-refractivity contribution in [1.82, 2.24) is 0 Å². The Hall–Kier alpha value is -5.46. The Balaban J connectivity index is 1.06. The molecule has 0 radical (unpaired) electrons. The molecule has 296 valence electrons. The van der Waals surface area contributed by atoms with Gasteiger partial charge in [-0.2, -0.15) is 0 Å². The van der Waals surface area contributed by atoms with Gasteiger partial charge in [-0.1, -0.05) is 200 Å². The Morgan fingerprint density at radius 3 is 0.867 bits per heavy atom. The van der Waals surface area contributed by atoms with E-state index in [0.717, 1.165) is 12.8 Å². The fourth-order valence-electron chi connectivity index (χ4n) is 12.2. The maximum atomic E-state index is 2.54. The molecular weight excluding hydrogens is 721 g/mol. The van der Waals surface area contributed by atoms with Crippen LogP contribution in [0.2, 0.25) is 0 Å². The fourth-order valence-corrected chi connectivity index (χ4v) is 12.2. The third-order valence-corrected chi connectivity index (χ3v) is 15.1. The molecule has 0 spiro atoms. The Labute approximate surface area is 353 Å². The average molecular weight is 777 g/mol. The lowest BCUT2D eigenvalue weighted by Crippen LogP contribution is -1.97. The van der Waals surface area contributed by atoms with Crippen molar-refractivity contribution in [2.24, 2.45) is 0 Å². The molecule has 0 aromatic heterocycles. The van der Waals surface area contributed by atoms with E-state index in [1.54, 1.807) is 0 Å². The number of hydrogen-bond acceptors (Lipinski definition) is 0. The van der Waals surface area contributed by atoms with Crippen molar-refractivity contribution in [2.75, 3.05) is 0 Å². The van der Waals surface area contributed by atoms with Gasteiger partial charge in [-0.15, -0.1) is 0 Å². The zero-order valence-corrected chi connectivity index (χ0v) is 35.7. The van der Waals surface area contributed by atoms with Gasteiger partial charge in [0.05, 0.1) is 0 Å². The van der Waals surface area contributed by atoms with E-state index >= 15 is 0 Å². The summed E-state index contributed by atoms with van der Waals surface area (Å²) in [4.78, 5) is 0. The molecule has 0 aliphatic heterocycles. The molecule has 0 unspecified atom stereocenters. The van der Waals surface area contributed by atoms with Gasteiger partial charge >= 0.3 is 0 Å². The van der Waals surface area contributed by atoms with Crippen LogP contribution in [0.3, 0.4) is 0 Å². The summed E-state index contributed by atoms with van der Waals surface area (Å²) in [6, 6.07) is 44.0. The summed E-state index contributed by atoms with van der Waals surface area (Å²) in [6.07, 6.45) is 21.2. The monoisotopic (exact) mass is 776 g/mol. The van der Waals surface area contributed by atoms with Crippen LogP contribution < -0.4 is 0 Å². The summed E-state index contributed by atoms with van der Waals surface area (Å²) in [7, 11) is 0. The van der Waals surface area contributed by atoms with Crippen LogP contribution in [-0.2, 0) is 12.8 Å². The Morgan fingerprint density at radius 2 is 0.500 bits per heavy atom. The van der Waals surface area contributed by atoms with Gasteiger partial charge in [-0.3, -0.25) is 0 Å². The lowest BCUT2D eigenvalue weighted by atomic mass is 9.77. The van der Waals surface area contributed by atoms with E-state index in [2.05, 4.69) is 123 Å². The van der Waals surface area contributed by atoms with E-state index in [1.807, 2.05) is 0 Å². The van der Waals surface area contributed by atoms with Crippen molar-refractivity contribution >= 4 is 118 Å². The molecule has 0 N–H and O–H groups in total. The van der Waals surface area contributed by atoms with Crippen molar-refractivity contribution in [1.29, 1.82) is 0 Å². The second-order valence-electron chi connectivity index (χ2n) is 18.7. The molecule has 0 saturated heterocycles. The van der Waals surface area contributed by atoms with Gasteiger partial charge in [0.25, 0.3) is 0 Å². The number of benzene rings is 12. The second-order valence-corrected chi connectivity index (χ2v) is 18.7. The molecule has 0 atom stereocenters. The van der Waals surface area contributed by atoms with Gasteiger partial charge in [0.15, 0.2) is 0 Å². The van der Waals surface area contributed by atoms with Crippen LogP contribution in [0.1, 0.15) is 115 Å². The van der Waals surface area contributed by atoms with E-state index in [9.17, 15) is 0 Å². The van der Waals surface area contributed by atoms with E-state index in [4.69, 9.17) is 0 Å². The normalized spacial score (nSPS) is 12.9. The quantitative estimate of drug-likeness (QED) is 0.0521. The van der Waals surface area contributed by atoms with Crippen molar-refractivity contribution in [3.63, 3.8) is 0 Å². The minimum atomic E-state index is 1.16. The van der Waals surface area contributed by atoms with Gasteiger partial charge in [0, 0.05) is 0 Å². The lowest BCUT2D eigenvalue weighted by molar-refractivity contribution is 0.589. The molecule has 0 heterocycles. The van der Waals surface area contributed by atoms with Crippen molar-refractivity contribution in [3.8, 4) is 0 Å². The highest BCUT2D eigenvalue weighted by Gasteiger charge is 2.26. The molecule has 0 amide bonds. The molecule has 12 rings (SSSR count). The summed E-state index contributed by atoms with van der Waals surface area (Å²) in [5.74, 6) is 0. The lowest BCUT2D eigenvalue weighted by Gasteiger charge is -2.25. The van der Waals surface area contributed by atoms with Crippen LogP contribution in [0.25, 0.3) is 118 Å². The predicted molar refractivity (Wildman–Crippen MR) is 267 cm³/mol. The second kappa shape index (κ2) is 14.6. The van der Waals surface area contributed by atoms with E-state index in [0.29, 0.717) is 0 Å². The predicted octanol–water partition coefficient (Wildman–Crippen LogP) is 18.7. The van der Waals surface area contributed by atoms with Gasteiger partial charge in [-0.25, -0.2) is 0 Å². The first-order chi connectivity index (χ1) is 29.7. The topological polar surface area (TPSA) is 0 Å². The maximum absolute atomic E-state index is 2.54. The van der Waals surface area contributed by atoms with E-state index < -0.39 is 0 Å². The summed E-state index contributed by atoms with van der Waals surface area (Å²) in [5, 5.41) is 31.2. The average Bonchev–Trinajstić information content (AvgIpc) is 3.29. The molecule has 0 bridgehead atoms. The van der Waals surface area contributed by atoms with Crippen LogP contribution in [0.5, 0.6) is 0 Å². The molecular formula is C60H56. The molecule has 0 saturated carbocycles. The van der Waals surface area contributed by atoms with Gasteiger partial charge in [0.2, 0.25) is 0 Å².